The summed E-state index contributed by atoms with van der Waals surface area (Å²) >= 11 is 0. The molecular weight excluding hydrogens is 234 g/mol. The molecule has 0 bridgehead atoms. The summed E-state index contributed by atoms with van der Waals surface area (Å²) in [6, 6.07) is 0. The second kappa shape index (κ2) is 9.88. The van der Waals surface area contributed by atoms with Crippen LogP contribution in [-0.4, -0.2) is 36.7 Å². The molecule has 0 fully saturated rings. The quantitative estimate of drug-likeness (QED) is 0.585. The lowest BCUT2D eigenvalue weighted by molar-refractivity contribution is -0.138. The first-order valence-electron chi connectivity index (χ1n) is 6.51. The zero-order valence-electron chi connectivity index (χ0n) is 11.6. The standard InChI is InChI=1S/C13H25NO4/c1-4-18-6-5-12(15)14-9-11(7-10(2)3)8-13(16)17/h10-11H,4-9H2,1-3H3,(H,14,15)(H,16,17). The second-order valence-corrected chi connectivity index (χ2v) is 4.84. The lowest BCUT2D eigenvalue weighted by Crippen LogP contribution is -2.31. The first kappa shape index (κ1) is 16.9. The normalized spacial score (nSPS) is 12.4. The number of hydrogen-bond acceptors (Lipinski definition) is 3. The molecule has 0 heterocycles. The number of ether oxygens (including phenoxy) is 1. The fraction of sp³-hybridized carbons (Fsp3) is 0.846. The van der Waals surface area contributed by atoms with Crippen LogP contribution in [0.1, 0.15) is 40.0 Å². The molecular formula is C13H25NO4. The molecule has 1 atom stereocenters. The van der Waals surface area contributed by atoms with Crippen LogP contribution < -0.4 is 5.32 Å². The van der Waals surface area contributed by atoms with Crippen LogP contribution in [0.3, 0.4) is 0 Å². The van der Waals surface area contributed by atoms with Gasteiger partial charge in [0.15, 0.2) is 0 Å². The highest BCUT2D eigenvalue weighted by Gasteiger charge is 2.15. The van der Waals surface area contributed by atoms with Crippen molar-refractivity contribution in [2.45, 2.75) is 40.0 Å². The zero-order valence-corrected chi connectivity index (χ0v) is 11.6. The molecule has 0 radical (unpaired) electrons. The smallest absolute Gasteiger partial charge is 0.303 e. The van der Waals surface area contributed by atoms with E-state index in [1.165, 1.54) is 0 Å². The van der Waals surface area contributed by atoms with E-state index in [1.807, 2.05) is 20.8 Å². The van der Waals surface area contributed by atoms with E-state index < -0.39 is 5.97 Å². The fourth-order valence-corrected chi connectivity index (χ4v) is 1.81. The second-order valence-electron chi connectivity index (χ2n) is 4.84. The van der Waals surface area contributed by atoms with Crippen molar-refractivity contribution in [3.05, 3.63) is 0 Å². The van der Waals surface area contributed by atoms with Crippen molar-refractivity contribution in [1.29, 1.82) is 0 Å². The van der Waals surface area contributed by atoms with Crippen LogP contribution >= 0.6 is 0 Å². The van der Waals surface area contributed by atoms with Gasteiger partial charge in [-0.2, -0.15) is 0 Å². The van der Waals surface area contributed by atoms with Gasteiger partial charge in [0.05, 0.1) is 6.61 Å². The molecule has 1 unspecified atom stereocenters. The SMILES string of the molecule is CCOCCC(=O)NCC(CC(=O)O)CC(C)C. The average Bonchev–Trinajstić information content (AvgIpc) is 2.25. The number of carboxylic acid groups (broad SMARTS) is 1. The lowest BCUT2D eigenvalue weighted by atomic mass is 9.94. The molecule has 106 valence electrons. The maximum Gasteiger partial charge on any atom is 0.303 e. The number of carbonyl (C=O) groups excluding carboxylic acids is 1. The molecule has 2 N–H and O–H groups in total. The van der Waals surface area contributed by atoms with Crippen LogP contribution in [0, 0.1) is 11.8 Å². The summed E-state index contributed by atoms with van der Waals surface area (Å²) in [5, 5.41) is 11.6. The highest BCUT2D eigenvalue weighted by atomic mass is 16.5. The molecule has 5 nitrogen and oxygen atoms in total. The molecule has 0 aromatic carbocycles. The van der Waals surface area contributed by atoms with Crippen molar-refractivity contribution in [2.75, 3.05) is 19.8 Å². The van der Waals surface area contributed by atoms with E-state index in [2.05, 4.69) is 5.32 Å². The largest absolute Gasteiger partial charge is 0.481 e. The molecule has 0 aliphatic rings. The number of nitrogens with one attached hydrogen (secondary N) is 1. The number of hydrogen-bond donors (Lipinski definition) is 2. The van der Waals surface area contributed by atoms with Crippen LogP contribution in [0.25, 0.3) is 0 Å². The maximum atomic E-state index is 11.5. The molecule has 0 aliphatic heterocycles. The summed E-state index contributed by atoms with van der Waals surface area (Å²) in [6.45, 7) is 7.41. The summed E-state index contributed by atoms with van der Waals surface area (Å²) in [4.78, 5) is 22.2. The van der Waals surface area contributed by atoms with Gasteiger partial charge in [0, 0.05) is 26.0 Å². The van der Waals surface area contributed by atoms with Crippen LogP contribution in [0.15, 0.2) is 0 Å². The highest BCUT2D eigenvalue weighted by Crippen LogP contribution is 2.14. The Balaban J connectivity index is 3.93. The maximum absolute atomic E-state index is 11.5. The van der Waals surface area contributed by atoms with Gasteiger partial charge in [-0.15, -0.1) is 0 Å². The molecule has 0 rings (SSSR count). The number of rotatable bonds is 10. The van der Waals surface area contributed by atoms with E-state index in [9.17, 15) is 9.59 Å². The third-order valence-electron chi connectivity index (χ3n) is 2.53. The molecule has 18 heavy (non-hydrogen) atoms. The number of aliphatic carboxylic acids is 1. The third kappa shape index (κ3) is 10.1. The van der Waals surface area contributed by atoms with Crippen LogP contribution in [0.2, 0.25) is 0 Å². The molecule has 0 aromatic rings. The Morgan fingerprint density at radius 2 is 2.00 bits per heavy atom. The van der Waals surface area contributed by atoms with Gasteiger partial charge in [0.1, 0.15) is 0 Å². The van der Waals surface area contributed by atoms with E-state index >= 15 is 0 Å². The van der Waals surface area contributed by atoms with E-state index in [1.54, 1.807) is 0 Å². The highest BCUT2D eigenvalue weighted by molar-refractivity contribution is 5.76. The van der Waals surface area contributed by atoms with Crippen molar-refractivity contribution >= 4 is 11.9 Å². The van der Waals surface area contributed by atoms with E-state index in [4.69, 9.17) is 9.84 Å². The van der Waals surface area contributed by atoms with Gasteiger partial charge in [-0.25, -0.2) is 0 Å². The summed E-state index contributed by atoms with van der Waals surface area (Å²) in [7, 11) is 0. The third-order valence-corrected chi connectivity index (χ3v) is 2.53. The predicted octanol–water partition coefficient (Wildman–Crippen LogP) is 1.67. The minimum atomic E-state index is -0.816. The number of amides is 1. The van der Waals surface area contributed by atoms with Gasteiger partial charge in [-0.3, -0.25) is 9.59 Å². The average molecular weight is 259 g/mol. The van der Waals surface area contributed by atoms with Gasteiger partial charge in [-0.1, -0.05) is 13.8 Å². The minimum Gasteiger partial charge on any atom is -0.481 e. The van der Waals surface area contributed by atoms with Crippen LogP contribution in [-0.2, 0) is 14.3 Å². The predicted molar refractivity (Wildman–Crippen MR) is 69.3 cm³/mol. The Morgan fingerprint density at radius 3 is 2.50 bits per heavy atom. The minimum absolute atomic E-state index is 0.00135. The monoisotopic (exact) mass is 259 g/mol. The van der Waals surface area contributed by atoms with Gasteiger partial charge in [-0.05, 0) is 25.2 Å². The molecule has 0 saturated carbocycles. The number of carboxylic acids is 1. The topological polar surface area (TPSA) is 75.6 Å². The van der Waals surface area contributed by atoms with Gasteiger partial charge in [0.2, 0.25) is 5.91 Å². The molecule has 0 aliphatic carbocycles. The van der Waals surface area contributed by atoms with Crippen molar-refractivity contribution in [3.63, 3.8) is 0 Å². The first-order valence-corrected chi connectivity index (χ1v) is 6.51. The summed E-state index contributed by atoms with van der Waals surface area (Å²) in [5.74, 6) is -0.472. The van der Waals surface area contributed by atoms with Gasteiger partial charge >= 0.3 is 5.97 Å². The van der Waals surface area contributed by atoms with Crippen molar-refractivity contribution in [2.24, 2.45) is 11.8 Å². The van der Waals surface area contributed by atoms with Crippen molar-refractivity contribution < 1.29 is 19.4 Å². The molecule has 0 spiro atoms. The molecule has 0 aromatic heterocycles. The summed E-state index contributed by atoms with van der Waals surface area (Å²) < 4.78 is 5.09. The van der Waals surface area contributed by atoms with Gasteiger partial charge in [0.25, 0.3) is 0 Å². The Morgan fingerprint density at radius 1 is 1.33 bits per heavy atom. The molecule has 1 amide bonds. The Bertz CT molecular complexity index is 253. The summed E-state index contributed by atoms with van der Waals surface area (Å²) in [5.41, 5.74) is 0. The first-order chi connectivity index (χ1) is 8.45. The lowest BCUT2D eigenvalue weighted by Gasteiger charge is -2.17. The molecule has 5 heteroatoms. The zero-order chi connectivity index (χ0) is 14.0. The summed E-state index contributed by atoms with van der Waals surface area (Å²) in [6.07, 6.45) is 1.23. The Hall–Kier alpha value is -1.10. The van der Waals surface area contributed by atoms with E-state index in [0.29, 0.717) is 32.1 Å². The fourth-order valence-electron chi connectivity index (χ4n) is 1.81. The van der Waals surface area contributed by atoms with Gasteiger partial charge < -0.3 is 15.2 Å². The van der Waals surface area contributed by atoms with Crippen molar-refractivity contribution in [3.8, 4) is 0 Å². The number of carbonyl (C=O) groups is 2. The molecule has 0 saturated heterocycles. The van der Waals surface area contributed by atoms with E-state index in [-0.39, 0.29) is 18.2 Å². The van der Waals surface area contributed by atoms with Crippen LogP contribution in [0.4, 0.5) is 0 Å². The Labute approximate surface area is 109 Å². The van der Waals surface area contributed by atoms with E-state index in [0.717, 1.165) is 6.42 Å². The van der Waals surface area contributed by atoms with Crippen LogP contribution in [0.5, 0.6) is 0 Å². The Kier molecular flexibility index (Phi) is 9.28. The van der Waals surface area contributed by atoms with Crippen molar-refractivity contribution in [1.82, 2.24) is 5.32 Å².